The lowest BCUT2D eigenvalue weighted by Crippen LogP contribution is -2.04. The Hall–Kier alpha value is -2.11. The first-order valence-electron chi connectivity index (χ1n) is 6.35. The van der Waals surface area contributed by atoms with Gasteiger partial charge in [0, 0.05) is 25.4 Å². The zero-order chi connectivity index (χ0) is 15.2. The number of halogens is 1. The highest BCUT2D eigenvalue weighted by atomic mass is 35.5. The third-order valence-corrected chi connectivity index (χ3v) is 3.36. The minimum absolute atomic E-state index is 0.105. The van der Waals surface area contributed by atoms with Crippen molar-refractivity contribution in [1.29, 1.82) is 0 Å². The Morgan fingerprint density at radius 1 is 1.24 bits per heavy atom. The number of methoxy groups -OCH3 is 1. The number of nitrogens with one attached hydrogen (secondary N) is 1. The fraction of sp³-hybridized carbons (Fsp3) is 0.200. The largest absolute Gasteiger partial charge is 0.381 e. The molecule has 0 saturated heterocycles. The van der Waals surface area contributed by atoms with Crippen molar-refractivity contribution in [2.75, 3.05) is 12.4 Å². The topological polar surface area (TPSA) is 64.4 Å². The second kappa shape index (κ2) is 7.06. The van der Waals surface area contributed by atoms with Crippen molar-refractivity contribution in [1.82, 2.24) is 0 Å². The standard InChI is InChI=1S/C15H15ClN2O3/c1-21-10-12-5-3-2-4-11(12)9-17-13-6-7-14(16)15(8-13)18(19)20/h2-8,17H,9-10H2,1H3. The van der Waals surface area contributed by atoms with Gasteiger partial charge in [-0.3, -0.25) is 10.1 Å². The number of ether oxygens (including phenoxy) is 1. The summed E-state index contributed by atoms with van der Waals surface area (Å²) >= 11 is 5.79. The monoisotopic (exact) mass is 306 g/mol. The van der Waals surface area contributed by atoms with E-state index in [0.717, 1.165) is 11.1 Å². The van der Waals surface area contributed by atoms with Crippen LogP contribution in [-0.2, 0) is 17.9 Å². The number of hydrogen-bond donors (Lipinski definition) is 1. The molecule has 0 heterocycles. The van der Waals surface area contributed by atoms with Crippen LogP contribution in [-0.4, -0.2) is 12.0 Å². The summed E-state index contributed by atoms with van der Waals surface area (Å²) in [5.74, 6) is 0. The molecule has 0 aliphatic rings. The van der Waals surface area contributed by atoms with E-state index in [0.29, 0.717) is 18.8 Å². The normalized spacial score (nSPS) is 10.4. The summed E-state index contributed by atoms with van der Waals surface area (Å²) in [5.41, 5.74) is 2.71. The van der Waals surface area contributed by atoms with Gasteiger partial charge in [0.2, 0.25) is 0 Å². The Kier molecular flexibility index (Phi) is 5.14. The van der Waals surface area contributed by atoms with Crippen molar-refractivity contribution in [3.8, 4) is 0 Å². The van der Waals surface area contributed by atoms with Crippen LogP contribution in [0.3, 0.4) is 0 Å². The van der Waals surface area contributed by atoms with E-state index in [-0.39, 0.29) is 10.7 Å². The molecule has 0 saturated carbocycles. The van der Waals surface area contributed by atoms with Crippen molar-refractivity contribution in [2.45, 2.75) is 13.2 Å². The van der Waals surface area contributed by atoms with Crippen LogP contribution in [0.4, 0.5) is 11.4 Å². The molecule has 2 aromatic rings. The summed E-state index contributed by atoms with van der Waals surface area (Å²) in [4.78, 5) is 10.4. The first-order chi connectivity index (χ1) is 10.1. The summed E-state index contributed by atoms with van der Waals surface area (Å²) in [6.45, 7) is 1.08. The molecule has 0 radical (unpaired) electrons. The van der Waals surface area contributed by atoms with Crippen molar-refractivity contribution in [3.63, 3.8) is 0 Å². The van der Waals surface area contributed by atoms with E-state index in [1.807, 2.05) is 24.3 Å². The summed E-state index contributed by atoms with van der Waals surface area (Å²) in [6.07, 6.45) is 0. The number of rotatable bonds is 6. The average molecular weight is 307 g/mol. The third-order valence-electron chi connectivity index (χ3n) is 3.04. The highest BCUT2D eigenvalue weighted by Crippen LogP contribution is 2.27. The molecule has 0 aliphatic carbocycles. The van der Waals surface area contributed by atoms with Crippen molar-refractivity contribution in [3.05, 3.63) is 68.7 Å². The molecular weight excluding hydrogens is 292 g/mol. The van der Waals surface area contributed by atoms with E-state index in [9.17, 15) is 10.1 Å². The summed E-state index contributed by atoms with van der Waals surface area (Å²) in [5, 5.41) is 14.2. The van der Waals surface area contributed by atoms with Gasteiger partial charge < -0.3 is 10.1 Å². The molecule has 21 heavy (non-hydrogen) atoms. The average Bonchev–Trinajstić information content (AvgIpc) is 2.47. The zero-order valence-electron chi connectivity index (χ0n) is 11.5. The number of nitro benzene ring substituents is 1. The molecular formula is C15H15ClN2O3. The first kappa shape index (κ1) is 15.3. The lowest BCUT2D eigenvalue weighted by molar-refractivity contribution is -0.384. The van der Waals surface area contributed by atoms with E-state index in [2.05, 4.69) is 5.32 Å². The molecule has 110 valence electrons. The van der Waals surface area contributed by atoms with E-state index in [1.165, 1.54) is 12.1 Å². The van der Waals surface area contributed by atoms with Gasteiger partial charge in [-0.1, -0.05) is 35.9 Å². The minimum Gasteiger partial charge on any atom is -0.381 e. The lowest BCUT2D eigenvalue weighted by Gasteiger charge is -2.11. The Morgan fingerprint density at radius 3 is 2.62 bits per heavy atom. The third kappa shape index (κ3) is 3.93. The van der Waals surface area contributed by atoms with Gasteiger partial charge in [0.1, 0.15) is 5.02 Å². The van der Waals surface area contributed by atoms with Gasteiger partial charge in [-0.2, -0.15) is 0 Å². The van der Waals surface area contributed by atoms with E-state index >= 15 is 0 Å². The molecule has 6 heteroatoms. The fourth-order valence-electron chi connectivity index (χ4n) is 1.99. The molecule has 0 fully saturated rings. The van der Waals surface area contributed by atoms with Crippen LogP contribution in [0.15, 0.2) is 42.5 Å². The van der Waals surface area contributed by atoms with Gasteiger partial charge in [-0.15, -0.1) is 0 Å². The molecule has 5 nitrogen and oxygen atoms in total. The fourth-order valence-corrected chi connectivity index (χ4v) is 2.17. The summed E-state index contributed by atoms with van der Waals surface area (Å²) in [6, 6.07) is 12.5. The van der Waals surface area contributed by atoms with Gasteiger partial charge in [-0.25, -0.2) is 0 Å². The Morgan fingerprint density at radius 2 is 1.95 bits per heavy atom. The number of anilines is 1. The second-order valence-corrected chi connectivity index (χ2v) is 4.89. The SMILES string of the molecule is COCc1ccccc1CNc1ccc(Cl)c([N+](=O)[O-])c1. The van der Waals surface area contributed by atoms with E-state index < -0.39 is 4.92 Å². The maximum atomic E-state index is 10.9. The summed E-state index contributed by atoms with van der Waals surface area (Å²) in [7, 11) is 1.65. The predicted octanol–water partition coefficient (Wildman–Crippen LogP) is 4.01. The summed E-state index contributed by atoms with van der Waals surface area (Å²) < 4.78 is 5.15. The molecule has 0 unspecified atom stereocenters. The van der Waals surface area contributed by atoms with Crippen LogP contribution in [0, 0.1) is 10.1 Å². The predicted molar refractivity (Wildman–Crippen MR) is 82.6 cm³/mol. The Labute approximate surface area is 127 Å². The molecule has 2 aromatic carbocycles. The maximum Gasteiger partial charge on any atom is 0.289 e. The zero-order valence-corrected chi connectivity index (χ0v) is 12.3. The van der Waals surface area contributed by atoms with Crippen LogP contribution >= 0.6 is 11.6 Å². The number of nitro groups is 1. The molecule has 0 atom stereocenters. The molecule has 0 bridgehead atoms. The molecule has 0 aliphatic heterocycles. The lowest BCUT2D eigenvalue weighted by atomic mass is 10.1. The number of benzene rings is 2. The van der Waals surface area contributed by atoms with Crippen molar-refractivity contribution >= 4 is 23.0 Å². The van der Waals surface area contributed by atoms with Gasteiger partial charge in [0.05, 0.1) is 11.5 Å². The molecule has 0 spiro atoms. The number of nitrogens with zero attached hydrogens (tertiary/aromatic N) is 1. The molecule has 0 aromatic heterocycles. The molecule has 1 N–H and O–H groups in total. The van der Waals surface area contributed by atoms with E-state index in [4.69, 9.17) is 16.3 Å². The van der Waals surface area contributed by atoms with Crippen molar-refractivity contribution in [2.24, 2.45) is 0 Å². The smallest absolute Gasteiger partial charge is 0.289 e. The second-order valence-electron chi connectivity index (χ2n) is 4.48. The Balaban J connectivity index is 2.13. The highest BCUT2D eigenvalue weighted by Gasteiger charge is 2.12. The van der Waals surface area contributed by atoms with Crippen LogP contribution in [0.1, 0.15) is 11.1 Å². The van der Waals surface area contributed by atoms with E-state index in [1.54, 1.807) is 13.2 Å². The maximum absolute atomic E-state index is 10.9. The van der Waals surface area contributed by atoms with Crippen molar-refractivity contribution < 1.29 is 9.66 Å². The van der Waals surface area contributed by atoms with Crippen LogP contribution in [0.5, 0.6) is 0 Å². The van der Waals surface area contributed by atoms with Crippen LogP contribution in [0.25, 0.3) is 0 Å². The minimum atomic E-state index is -0.494. The van der Waals surface area contributed by atoms with Crippen LogP contribution in [0.2, 0.25) is 5.02 Å². The highest BCUT2D eigenvalue weighted by molar-refractivity contribution is 6.32. The van der Waals surface area contributed by atoms with Crippen LogP contribution < -0.4 is 5.32 Å². The van der Waals surface area contributed by atoms with Gasteiger partial charge >= 0.3 is 0 Å². The quantitative estimate of drug-likeness (QED) is 0.647. The Bertz CT molecular complexity index is 647. The van der Waals surface area contributed by atoms with Gasteiger partial charge in [-0.05, 0) is 23.3 Å². The van der Waals surface area contributed by atoms with Gasteiger partial charge in [0.15, 0.2) is 0 Å². The molecule has 2 rings (SSSR count). The molecule has 0 amide bonds. The first-order valence-corrected chi connectivity index (χ1v) is 6.73. The van der Waals surface area contributed by atoms with Gasteiger partial charge in [0.25, 0.3) is 5.69 Å². The number of hydrogen-bond acceptors (Lipinski definition) is 4.